The van der Waals surface area contributed by atoms with Gasteiger partial charge >= 0.3 is 0 Å². The van der Waals surface area contributed by atoms with E-state index in [0.29, 0.717) is 12.6 Å². The van der Waals surface area contributed by atoms with E-state index in [1.165, 1.54) is 31.4 Å². The highest BCUT2D eigenvalue weighted by atomic mass is 16.3. The average molecular weight is 222 g/mol. The van der Waals surface area contributed by atoms with Crippen molar-refractivity contribution in [1.29, 1.82) is 0 Å². The zero-order valence-electron chi connectivity index (χ0n) is 10.3. The second-order valence-corrected chi connectivity index (χ2v) is 4.84. The van der Waals surface area contributed by atoms with E-state index in [1.807, 2.05) is 0 Å². The Bertz CT molecular complexity index is 346. The lowest BCUT2D eigenvalue weighted by Crippen LogP contribution is -2.36. The van der Waals surface area contributed by atoms with E-state index in [9.17, 15) is 0 Å². The first-order valence-electron chi connectivity index (χ1n) is 6.23. The van der Waals surface area contributed by atoms with E-state index >= 15 is 0 Å². The first-order chi connectivity index (χ1) is 7.70. The quantitative estimate of drug-likeness (QED) is 0.854. The molecule has 1 unspecified atom stereocenters. The van der Waals surface area contributed by atoms with Gasteiger partial charge in [0.1, 0.15) is 11.5 Å². The molecule has 2 heterocycles. The summed E-state index contributed by atoms with van der Waals surface area (Å²) in [5.41, 5.74) is 6.80. The Balaban J connectivity index is 2.02. The molecule has 90 valence electrons. The molecule has 0 spiro atoms. The van der Waals surface area contributed by atoms with Crippen LogP contribution in [0.15, 0.2) is 10.5 Å². The molecule has 0 radical (unpaired) electrons. The summed E-state index contributed by atoms with van der Waals surface area (Å²) in [5.74, 6) is 1.99. The van der Waals surface area contributed by atoms with Crippen molar-refractivity contribution in [2.75, 3.05) is 6.54 Å². The maximum atomic E-state index is 5.75. The topological polar surface area (TPSA) is 42.4 Å². The fourth-order valence-corrected chi connectivity index (χ4v) is 2.46. The minimum Gasteiger partial charge on any atom is -0.463 e. The van der Waals surface area contributed by atoms with Crippen LogP contribution in [0.3, 0.4) is 0 Å². The van der Waals surface area contributed by atoms with Crippen LogP contribution in [0, 0.1) is 6.92 Å². The Morgan fingerprint density at radius 2 is 2.31 bits per heavy atom. The third-order valence-corrected chi connectivity index (χ3v) is 3.56. The molecule has 1 saturated heterocycles. The summed E-state index contributed by atoms with van der Waals surface area (Å²) < 4.78 is 5.75. The molecule has 1 fully saturated rings. The Kier molecular flexibility index (Phi) is 3.66. The van der Waals surface area contributed by atoms with E-state index in [2.05, 4.69) is 24.8 Å². The number of rotatable bonds is 3. The Morgan fingerprint density at radius 3 is 2.94 bits per heavy atom. The van der Waals surface area contributed by atoms with Crippen LogP contribution in [0.4, 0.5) is 0 Å². The van der Waals surface area contributed by atoms with Crippen molar-refractivity contribution in [2.45, 2.75) is 52.2 Å². The van der Waals surface area contributed by atoms with Gasteiger partial charge in [-0.2, -0.15) is 0 Å². The van der Waals surface area contributed by atoms with Crippen LogP contribution in [0.2, 0.25) is 0 Å². The zero-order chi connectivity index (χ0) is 11.5. The summed E-state index contributed by atoms with van der Waals surface area (Å²) in [6.07, 6.45) is 3.99. The van der Waals surface area contributed by atoms with Gasteiger partial charge in [0.2, 0.25) is 0 Å². The van der Waals surface area contributed by atoms with Crippen LogP contribution < -0.4 is 5.73 Å². The summed E-state index contributed by atoms with van der Waals surface area (Å²) in [6, 6.07) is 2.81. The third kappa shape index (κ3) is 2.47. The van der Waals surface area contributed by atoms with Crippen molar-refractivity contribution in [3.8, 4) is 0 Å². The van der Waals surface area contributed by atoms with Gasteiger partial charge < -0.3 is 10.2 Å². The highest BCUT2D eigenvalue weighted by Gasteiger charge is 2.19. The van der Waals surface area contributed by atoms with Gasteiger partial charge in [-0.25, -0.2) is 0 Å². The molecule has 2 N–H and O–H groups in total. The zero-order valence-corrected chi connectivity index (χ0v) is 10.3. The first kappa shape index (κ1) is 11.7. The van der Waals surface area contributed by atoms with E-state index in [0.717, 1.165) is 18.1 Å². The number of piperidine rings is 1. The number of nitrogens with two attached hydrogens (primary N) is 1. The highest BCUT2D eigenvalue weighted by Crippen LogP contribution is 2.21. The predicted molar refractivity (Wildman–Crippen MR) is 65.1 cm³/mol. The molecule has 2 rings (SSSR count). The summed E-state index contributed by atoms with van der Waals surface area (Å²) in [6.45, 7) is 7.00. The lowest BCUT2D eigenvalue weighted by molar-refractivity contribution is 0.141. The van der Waals surface area contributed by atoms with Crippen molar-refractivity contribution in [2.24, 2.45) is 5.73 Å². The number of hydrogen-bond donors (Lipinski definition) is 1. The number of nitrogens with zero attached hydrogens (tertiary/aromatic N) is 1. The SMILES string of the molecule is Cc1cc(CN2CCCCC2C)oc1CN. The molecular weight excluding hydrogens is 200 g/mol. The second-order valence-electron chi connectivity index (χ2n) is 4.84. The fourth-order valence-electron chi connectivity index (χ4n) is 2.46. The number of likely N-dealkylation sites (tertiary alicyclic amines) is 1. The summed E-state index contributed by atoms with van der Waals surface area (Å²) >= 11 is 0. The minimum atomic E-state index is 0.501. The Labute approximate surface area is 97.6 Å². The van der Waals surface area contributed by atoms with Crippen LogP contribution in [0.1, 0.15) is 43.3 Å². The highest BCUT2D eigenvalue weighted by molar-refractivity contribution is 5.19. The van der Waals surface area contributed by atoms with Gasteiger partial charge in [0.25, 0.3) is 0 Å². The van der Waals surface area contributed by atoms with E-state index in [4.69, 9.17) is 10.2 Å². The maximum absolute atomic E-state index is 5.75. The summed E-state index contributed by atoms with van der Waals surface area (Å²) in [5, 5.41) is 0. The normalized spacial score (nSPS) is 22.6. The largest absolute Gasteiger partial charge is 0.463 e. The van der Waals surface area contributed by atoms with Crippen molar-refractivity contribution in [3.05, 3.63) is 23.2 Å². The van der Waals surface area contributed by atoms with Gasteiger partial charge in [0.15, 0.2) is 0 Å². The molecule has 1 atom stereocenters. The Morgan fingerprint density at radius 1 is 1.50 bits per heavy atom. The molecule has 1 aromatic rings. The molecule has 0 saturated carbocycles. The predicted octanol–water partition coefficient (Wildman–Crippen LogP) is 2.42. The van der Waals surface area contributed by atoms with E-state index in [-0.39, 0.29) is 0 Å². The van der Waals surface area contributed by atoms with Crippen LogP contribution in [-0.4, -0.2) is 17.5 Å². The monoisotopic (exact) mass is 222 g/mol. The molecule has 1 aliphatic heterocycles. The molecule has 0 bridgehead atoms. The van der Waals surface area contributed by atoms with Gasteiger partial charge in [-0.05, 0) is 44.9 Å². The third-order valence-electron chi connectivity index (χ3n) is 3.56. The van der Waals surface area contributed by atoms with Crippen molar-refractivity contribution in [3.63, 3.8) is 0 Å². The van der Waals surface area contributed by atoms with Crippen LogP contribution in [0.5, 0.6) is 0 Å². The van der Waals surface area contributed by atoms with Gasteiger partial charge in [-0.15, -0.1) is 0 Å². The van der Waals surface area contributed by atoms with Crippen molar-refractivity contribution in [1.82, 2.24) is 4.90 Å². The van der Waals surface area contributed by atoms with Gasteiger partial charge in [0, 0.05) is 6.04 Å². The molecule has 3 heteroatoms. The first-order valence-corrected chi connectivity index (χ1v) is 6.23. The van der Waals surface area contributed by atoms with Gasteiger partial charge in [0.05, 0.1) is 13.1 Å². The number of hydrogen-bond acceptors (Lipinski definition) is 3. The Hall–Kier alpha value is -0.800. The second kappa shape index (κ2) is 5.02. The fraction of sp³-hybridized carbons (Fsp3) is 0.692. The molecular formula is C13H22N2O. The van der Waals surface area contributed by atoms with Gasteiger partial charge in [-0.3, -0.25) is 4.90 Å². The van der Waals surface area contributed by atoms with E-state index in [1.54, 1.807) is 0 Å². The minimum absolute atomic E-state index is 0.501. The standard InChI is InChI=1S/C13H22N2O/c1-10-7-12(16-13(10)8-14)9-15-6-4-3-5-11(15)2/h7,11H,3-6,8-9,14H2,1-2H3. The maximum Gasteiger partial charge on any atom is 0.120 e. The molecule has 16 heavy (non-hydrogen) atoms. The molecule has 1 aromatic heterocycles. The molecule has 3 nitrogen and oxygen atoms in total. The van der Waals surface area contributed by atoms with Crippen LogP contribution in [0.25, 0.3) is 0 Å². The number of furan rings is 1. The molecule has 1 aliphatic rings. The summed E-state index contributed by atoms with van der Waals surface area (Å²) in [7, 11) is 0. The lowest BCUT2D eigenvalue weighted by atomic mass is 10.0. The van der Waals surface area contributed by atoms with Crippen molar-refractivity contribution >= 4 is 0 Å². The van der Waals surface area contributed by atoms with Crippen LogP contribution >= 0.6 is 0 Å². The summed E-state index contributed by atoms with van der Waals surface area (Å²) in [4.78, 5) is 2.50. The van der Waals surface area contributed by atoms with Gasteiger partial charge in [-0.1, -0.05) is 6.42 Å². The molecule has 0 amide bonds. The molecule has 0 aliphatic carbocycles. The van der Waals surface area contributed by atoms with Crippen molar-refractivity contribution < 1.29 is 4.42 Å². The average Bonchev–Trinajstić information content (AvgIpc) is 2.62. The van der Waals surface area contributed by atoms with Crippen LogP contribution in [-0.2, 0) is 13.1 Å². The smallest absolute Gasteiger partial charge is 0.120 e. The lowest BCUT2D eigenvalue weighted by Gasteiger charge is -2.32. The van der Waals surface area contributed by atoms with E-state index < -0.39 is 0 Å². The molecule has 0 aromatic carbocycles. The number of aryl methyl sites for hydroxylation is 1.